The highest BCUT2D eigenvalue weighted by molar-refractivity contribution is 14.1. The average molecular weight is 332 g/mol. The van der Waals surface area contributed by atoms with Gasteiger partial charge in [0, 0.05) is 22.9 Å². The fraction of sp³-hybridized carbons (Fsp3) is 0.583. The van der Waals surface area contributed by atoms with Gasteiger partial charge in [0.25, 0.3) is 5.91 Å². The van der Waals surface area contributed by atoms with E-state index >= 15 is 0 Å². The Hall–Kier alpha value is -0.520. The monoisotopic (exact) mass is 332 g/mol. The summed E-state index contributed by atoms with van der Waals surface area (Å²) in [6.45, 7) is 0. The van der Waals surface area contributed by atoms with E-state index in [4.69, 9.17) is 0 Å². The number of rotatable bonds is 2. The molecule has 0 aromatic carbocycles. The van der Waals surface area contributed by atoms with Crippen molar-refractivity contribution >= 4 is 28.5 Å². The zero-order valence-corrected chi connectivity index (χ0v) is 11.7. The highest BCUT2D eigenvalue weighted by Crippen LogP contribution is 2.18. The van der Waals surface area contributed by atoms with Crippen molar-refractivity contribution < 1.29 is 4.79 Å². The van der Waals surface area contributed by atoms with Crippen LogP contribution in [0.1, 0.15) is 42.6 Å². The number of carbonyl (C=O) groups excluding carboxylic acids is 1. The largest absolute Gasteiger partial charge is 0.348 e. The minimum absolute atomic E-state index is 0.0670. The zero-order valence-electron chi connectivity index (χ0n) is 9.50. The molecule has 0 unspecified atom stereocenters. The van der Waals surface area contributed by atoms with Crippen LogP contribution >= 0.6 is 22.6 Å². The third-order valence-electron chi connectivity index (χ3n) is 3.14. The number of halogens is 1. The van der Waals surface area contributed by atoms with Crippen molar-refractivity contribution in [3.8, 4) is 0 Å². The molecule has 1 aliphatic carbocycles. The molecule has 2 rings (SSSR count). The van der Waals surface area contributed by atoms with Gasteiger partial charge in [-0.2, -0.15) is 0 Å². The molecule has 1 heterocycles. The first-order valence-corrected chi connectivity index (χ1v) is 6.87. The van der Waals surface area contributed by atoms with Crippen molar-refractivity contribution in [3.05, 3.63) is 21.5 Å². The van der Waals surface area contributed by atoms with Gasteiger partial charge >= 0.3 is 0 Å². The van der Waals surface area contributed by atoms with Gasteiger partial charge in [0.15, 0.2) is 0 Å². The van der Waals surface area contributed by atoms with Crippen LogP contribution in [0.3, 0.4) is 0 Å². The molecular weight excluding hydrogens is 315 g/mol. The summed E-state index contributed by atoms with van der Waals surface area (Å²) in [6.07, 6.45) is 8.04. The topological polar surface area (TPSA) is 34.0 Å². The summed E-state index contributed by atoms with van der Waals surface area (Å²) >= 11 is 2.23. The van der Waals surface area contributed by atoms with E-state index in [2.05, 4.69) is 27.9 Å². The summed E-state index contributed by atoms with van der Waals surface area (Å²) < 4.78 is 2.99. The molecule has 4 heteroatoms. The quantitative estimate of drug-likeness (QED) is 0.830. The third-order valence-corrected chi connectivity index (χ3v) is 3.73. The van der Waals surface area contributed by atoms with Gasteiger partial charge in [-0.15, -0.1) is 0 Å². The maximum absolute atomic E-state index is 12.0. The summed E-state index contributed by atoms with van der Waals surface area (Å²) in [6, 6.07) is 2.31. The van der Waals surface area contributed by atoms with Gasteiger partial charge < -0.3 is 9.88 Å². The molecule has 1 saturated carbocycles. The fourth-order valence-electron chi connectivity index (χ4n) is 2.26. The summed E-state index contributed by atoms with van der Waals surface area (Å²) in [7, 11) is 1.91. The van der Waals surface area contributed by atoms with E-state index in [0.29, 0.717) is 6.04 Å². The minimum atomic E-state index is 0.0670. The number of aromatic nitrogens is 1. The Morgan fingerprint density at radius 3 is 2.69 bits per heavy atom. The van der Waals surface area contributed by atoms with Gasteiger partial charge in [-0.1, -0.05) is 19.3 Å². The molecule has 0 spiro atoms. The lowest BCUT2D eigenvalue weighted by molar-refractivity contribution is 0.0919. The number of carbonyl (C=O) groups is 1. The Morgan fingerprint density at radius 1 is 1.44 bits per heavy atom. The molecule has 1 aromatic heterocycles. The number of nitrogens with zero attached hydrogens (tertiary/aromatic N) is 1. The van der Waals surface area contributed by atoms with Crippen molar-refractivity contribution in [1.29, 1.82) is 0 Å². The van der Waals surface area contributed by atoms with Crippen LogP contribution in [0, 0.1) is 3.57 Å². The van der Waals surface area contributed by atoms with Crippen molar-refractivity contribution in [1.82, 2.24) is 9.88 Å². The first-order chi connectivity index (χ1) is 7.66. The van der Waals surface area contributed by atoms with Gasteiger partial charge in [0.1, 0.15) is 5.69 Å². The van der Waals surface area contributed by atoms with Gasteiger partial charge in [-0.25, -0.2) is 0 Å². The molecule has 1 fully saturated rings. The Balaban J connectivity index is 1.99. The van der Waals surface area contributed by atoms with E-state index in [1.165, 1.54) is 19.3 Å². The molecule has 1 N–H and O–H groups in total. The molecule has 0 saturated heterocycles. The standard InChI is InChI=1S/C12H17IN2O/c1-15-8-9(13)7-11(15)12(16)14-10-5-3-2-4-6-10/h7-8,10H,2-6H2,1H3,(H,14,16). The Bertz CT molecular complexity index is 380. The summed E-state index contributed by atoms with van der Waals surface area (Å²) in [5.74, 6) is 0.0670. The van der Waals surface area contributed by atoms with E-state index in [-0.39, 0.29) is 5.91 Å². The molecule has 0 bridgehead atoms. The second kappa shape index (κ2) is 5.21. The molecule has 1 aliphatic rings. The van der Waals surface area contributed by atoms with Crippen LogP contribution in [0.15, 0.2) is 12.3 Å². The number of aryl methyl sites for hydroxylation is 1. The normalized spacial score (nSPS) is 17.4. The smallest absolute Gasteiger partial charge is 0.268 e. The lowest BCUT2D eigenvalue weighted by Crippen LogP contribution is -2.36. The highest BCUT2D eigenvalue weighted by Gasteiger charge is 2.18. The summed E-state index contributed by atoms with van der Waals surface area (Å²) in [4.78, 5) is 12.0. The van der Waals surface area contributed by atoms with E-state index in [0.717, 1.165) is 22.1 Å². The predicted octanol–water partition coefficient (Wildman–Crippen LogP) is 2.69. The molecule has 88 valence electrons. The van der Waals surface area contributed by atoms with Crippen LogP contribution in [0.5, 0.6) is 0 Å². The van der Waals surface area contributed by atoms with E-state index in [1.54, 1.807) is 0 Å². The number of nitrogens with one attached hydrogen (secondary N) is 1. The Labute approximate surface area is 110 Å². The van der Waals surface area contributed by atoms with Crippen LogP contribution in [0.2, 0.25) is 0 Å². The first kappa shape index (κ1) is 12.0. The van der Waals surface area contributed by atoms with Crippen molar-refractivity contribution in [2.24, 2.45) is 7.05 Å². The Morgan fingerprint density at radius 2 is 2.12 bits per heavy atom. The summed E-state index contributed by atoms with van der Waals surface area (Å²) in [5.41, 5.74) is 0.759. The Kier molecular flexibility index (Phi) is 3.89. The van der Waals surface area contributed by atoms with Crippen molar-refractivity contribution in [2.45, 2.75) is 38.1 Å². The SMILES string of the molecule is Cn1cc(I)cc1C(=O)NC1CCCCC1. The van der Waals surface area contributed by atoms with Gasteiger partial charge in [-0.3, -0.25) is 4.79 Å². The van der Waals surface area contributed by atoms with Gasteiger partial charge in [0.2, 0.25) is 0 Å². The molecule has 1 aromatic rings. The average Bonchev–Trinajstić information content (AvgIpc) is 2.59. The lowest BCUT2D eigenvalue weighted by atomic mass is 9.95. The van der Waals surface area contributed by atoms with Gasteiger partial charge in [-0.05, 0) is 41.5 Å². The number of hydrogen-bond acceptors (Lipinski definition) is 1. The minimum Gasteiger partial charge on any atom is -0.348 e. The van der Waals surface area contributed by atoms with E-state index < -0.39 is 0 Å². The lowest BCUT2D eigenvalue weighted by Gasteiger charge is -2.22. The second-order valence-corrected chi connectivity index (χ2v) is 5.71. The zero-order chi connectivity index (χ0) is 11.5. The number of hydrogen-bond donors (Lipinski definition) is 1. The molecule has 1 amide bonds. The predicted molar refractivity (Wildman–Crippen MR) is 72.5 cm³/mol. The highest BCUT2D eigenvalue weighted by atomic mass is 127. The van der Waals surface area contributed by atoms with Crippen LogP contribution in [-0.2, 0) is 7.05 Å². The molecular formula is C12H17IN2O. The first-order valence-electron chi connectivity index (χ1n) is 5.79. The molecule has 0 atom stereocenters. The van der Waals surface area contributed by atoms with Crippen molar-refractivity contribution in [3.63, 3.8) is 0 Å². The number of amides is 1. The molecule has 16 heavy (non-hydrogen) atoms. The van der Waals surface area contributed by atoms with Gasteiger partial charge in [0.05, 0.1) is 0 Å². The van der Waals surface area contributed by atoms with Crippen LogP contribution in [0.4, 0.5) is 0 Å². The molecule has 0 radical (unpaired) electrons. The molecule has 0 aliphatic heterocycles. The fourth-order valence-corrected chi connectivity index (χ4v) is 2.97. The third kappa shape index (κ3) is 2.78. The van der Waals surface area contributed by atoms with E-state index in [1.807, 2.05) is 23.9 Å². The maximum atomic E-state index is 12.0. The van der Waals surface area contributed by atoms with Crippen LogP contribution in [0.25, 0.3) is 0 Å². The molecule has 3 nitrogen and oxygen atoms in total. The van der Waals surface area contributed by atoms with Crippen molar-refractivity contribution in [2.75, 3.05) is 0 Å². The maximum Gasteiger partial charge on any atom is 0.268 e. The van der Waals surface area contributed by atoms with Crippen LogP contribution < -0.4 is 5.32 Å². The van der Waals surface area contributed by atoms with E-state index in [9.17, 15) is 4.79 Å². The second-order valence-electron chi connectivity index (χ2n) is 4.46. The van der Waals surface area contributed by atoms with Crippen LogP contribution in [-0.4, -0.2) is 16.5 Å². The summed E-state index contributed by atoms with van der Waals surface area (Å²) in [5, 5.41) is 3.13.